The van der Waals surface area contributed by atoms with Crippen molar-refractivity contribution < 1.29 is 43.5 Å². The first-order valence-electron chi connectivity index (χ1n) is 7.02. The second-order valence-electron chi connectivity index (χ2n) is 5.02. The number of diazo groups is 2. The smallest absolute Gasteiger partial charge is 0.404 e. The van der Waals surface area contributed by atoms with Crippen LogP contribution >= 0.6 is 46.4 Å². The van der Waals surface area contributed by atoms with Gasteiger partial charge in [-0.1, -0.05) is 46.4 Å². The van der Waals surface area contributed by atoms with Crippen LogP contribution in [0.2, 0.25) is 20.1 Å². The van der Waals surface area contributed by atoms with E-state index in [4.69, 9.17) is 74.7 Å². The summed E-state index contributed by atoms with van der Waals surface area (Å²) < 4.78 is 95.3. The van der Waals surface area contributed by atoms with Gasteiger partial charge < -0.3 is 9.11 Å². The third kappa shape index (κ3) is 11.2. The highest BCUT2D eigenvalue weighted by Crippen LogP contribution is 2.34. The molecule has 0 bridgehead atoms. The molecule has 0 heterocycles. The van der Waals surface area contributed by atoms with E-state index >= 15 is 0 Å². The largest absolute Gasteiger partial charge is 0.744 e. The Kier molecular flexibility index (Phi) is 11.3. The fraction of sp³-hybridized carbons (Fsp3) is 0. The normalized spacial score (nSPS) is 11.1. The van der Waals surface area contributed by atoms with Crippen LogP contribution in [0.4, 0.5) is 11.4 Å². The summed E-state index contributed by atoms with van der Waals surface area (Å²) in [7, 11) is -14.0. The lowest BCUT2D eigenvalue weighted by Gasteiger charge is -2.07. The molecule has 2 aromatic carbocycles. The van der Waals surface area contributed by atoms with Gasteiger partial charge in [0, 0.05) is 0 Å². The number of nitrogens with zero attached hydrogens (tertiary/aromatic N) is 4. The van der Waals surface area contributed by atoms with Gasteiger partial charge in [0.25, 0.3) is 0 Å². The van der Waals surface area contributed by atoms with Crippen molar-refractivity contribution in [1.82, 2.24) is 0 Å². The molecule has 33 heavy (non-hydrogen) atoms. The minimum absolute atomic E-state index is 0.107. The monoisotopic (exact) mass is 602 g/mol. The van der Waals surface area contributed by atoms with E-state index in [-0.39, 0.29) is 31.5 Å². The van der Waals surface area contributed by atoms with Crippen LogP contribution in [0.3, 0.4) is 0 Å². The number of halogens is 4. The van der Waals surface area contributed by atoms with Gasteiger partial charge in [-0.25, -0.2) is 16.8 Å². The van der Waals surface area contributed by atoms with Crippen LogP contribution in [0, 0.1) is 10.8 Å². The third-order valence-electron chi connectivity index (χ3n) is 2.76. The molecule has 21 heteroatoms. The van der Waals surface area contributed by atoms with Gasteiger partial charge in [0.05, 0.1) is 32.0 Å². The van der Waals surface area contributed by atoms with Gasteiger partial charge in [-0.2, -0.15) is 8.42 Å². The van der Waals surface area contributed by atoms with Gasteiger partial charge in [-0.15, -0.1) is 0 Å². The standard InChI is InChI=1S/2C6H2Cl2N2O3S.H2O4S/c2*7-3-2-6(14(11,12)13)4(8)1-5(3)10-9;1-5(2,3)4/h2*1-2H;(H2,1,2,3,4). The summed E-state index contributed by atoms with van der Waals surface area (Å²) in [5, 5.41) is 15.8. The lowest BCUT2D eigenvalue weighted by atomic mass is 10.3. The Bertz CT molecular complexity index is 1360. The quantitative estimate of drug-likeness (QED) is 0.363. The summed E-state index contributed by atoms with van der Waals surface area (Å²) in [5.74, 6) is 0. The summed E-state index contributed by atoms with van der Waals surface area (Å²) >= 11 is 21.9. The van der Waals surface area contributed by atoms with Crippen LogP contribution < -0.4 is 0 Å². The average Bonchev–Trinajstić information content (AvgIpc) is 2.62. The molecule has 2 rings (SSSR count). The van der Waals surface area contributed by atoms with Gasteiger partial charge in [0.1, 0.15) is 30.3 Å². The molecule has 0 saturated heterocycles. The van der Waals surface area contributed by atoms with E-state index in [1.807, 2.05) is 0 Å². The van der Waals surface area contributed by atoms with E-state index < -0.39 is 40.4 Å². The predicted molar refractivity (Wildman–Crippen MR) is 113 cm³/mol. The second kappa shape index (κ2) is 12.0. The zero-order valence-electron chi connectivity index (χ0n) is 15.0. The van der Waals surface area contributed by atoms with Crippen molar-refractivity contribution in [2.45, 2.75) is 9.79 Å². The molecule has 2 N–H and O–H groups in total. The number of benzene rings is 2. The van der Waals surface area contributed by atoms with E-state index in [0.717, 1.165) is 24.3 Å². The molecular formula is C12H6Cl4N4O10S3. The molecule has 0 atom stereocenters. The number of hydrogen-bond acceptors (Lipinski definition) is 10. The molecule has 0 unspecified atom stereocenters. The lowest BCUT2D eigenvalue weighted by molar-refractivity contribution is 0.380. The van der Waals surface area contributed by atoms with Crippen molar-refractivity contribution in [2.75, 3.05) is 0 Å². The van der Waals surface area contributed by atoms with E-state index in [2.05, 4.69) is 9.95 Å². The van der Waals surface area contributed by atoms with Gasteiger partial charge in [-0.3, -0.25) is 9.11 Å². The maximum Gasteiger partial charge on any atom is 0.404 e. The fourth-order valence-corrected chi connectivity index (χ4v) is 4.11. The van der Waals surface area contributed by atoms with Crippen LogP contribution in [0.15, 0.2) is 34.1 Å². The van der Waals surface area contributed by atoms with E-state index in [9.17, 15) is 25.9 Å². The Morgan fingerprint density at radius 2 is 0.879 bits per heavy atom. The molecule has 2 aromatic rings. The van der Waals surface area contributed by atoms with Crippen LogP contribution in [0.1, 0.15) is 0 Å². The van der Waals surface area contributed by atoms with Crippen molar-refractivity contribution in [1.29, 1.82) is 10.8 Å². The summed E-state index contributed by atoms with van der Waals surface area (Å²) in [4.78, 5) is 4.20. The van der Waals surface area contributed by atoms with Crippen LogP contribution in [-0.4, -0.2) is 43.5 Å². The van der Waals surface area contributed by atoms with Gasteiger partial charge in [-0.05, 0) is 12.1 Å². The van der Waals surface area contributed by atoms with Crippen LogP contribution in [0.25, 0.3) is 9.95 Å². The van der Waals surface area contributed by atoms with Crippen molar-refractivity contribution >= 4 is 88.4 Å². The molecular weight excluding hydrogens is 598 g/mol. The summed E-state index contributed by atoms with van der Waals surface area (Å²) in [6, 6.07) is 3.63. The van der Waals surface area contributed by atoms with Gasteiger partial charge in [0.15, 0.2) is 9.95 Å². The second-order valence-corrected chi connectivity index (χ2v) is 10.2. The minimum Gasteiger partial charge on any atom is -0.744 e. The Morgan fingerprint density at radius 1 is 0.636 bits per heavy atom. The lowest BCUT2D eigenvalue weighted by Crippen LogP contribution is -1.99. The molecule has 0 radical (unpaired) electrons. The molecule has 0 aliphatic heterocycles. The number of hydrogen-bond donors (Lipinski definition) is 2. The van der Waals surface area contributed by atoms with Crippen LogP contribution in [0.5, 0.6) is 0 Å². The maximum absolute atomic E-state index is 10.6. The highest BCUT2D eigenvalue weighted by atomic mass is 35.5. The Labute approximate surface area is 206 Å². The van der Waals surface area contributed by atoms with Crippen molar-refractivity contribution in [2.24, 2.45) is 0 Å². The SMILES string of the molecule is N#[N+]c1cc(Cl)c(S(=O)(=O)[O-])cc1Cl.N#[N+]c1cc(Cl)c(S(=O)(=O)[O-])cc1Cl.O=S(=O)(O)O. The molecule has 0 saturated carbocycles. The van der Waals surface area contributed by atoms with E-state index in [0.29, 0.717) is 0 Å². The van der Waals surface area contributed by atoms with Crippen molar-refractivity contribution in [3.05, 3.63) is 54.3 Å². The van der Waals surface area contributed by atoms with Crippen molar-refractivity contribution in [3.8, 4) is 0 Å². The molecule has 0 aromatic heterocycles. The first kappa shape index (κ1) is 31.1. The fourth-order valence-electron chi connectivity index (χ4n) is 1.57. The topological polar surface area (TPSA) is 245 Å². The zero-order chi connectivity index (χ0) is 26.4. The summed E-state index contributed by atoms with van der Waals surface area (Å²) in [6.45, 7) is 0. The Hall–Kier alpha value is -1.87. The Morgan fingerprint density at radius 3 is 1.06 bits per heavy atom. The highest BCUT2D eigenvalue weighted by molar-refractivity contribution is 7.86. The van der Waals surface area contributed by atoms with E-state index in [1.54, 1.807) is 0 Å². The summed E-state index contributed by atoms with van der Waals surface area (Å²) in [5.41, 5.74) is -0.215. The van der Waals surface area contributed by atoms with E-state index in [1.165, 1.54) is 0 Å². The first-order chi connectivity index (χ1) is 14.7. The number of rotatable bonds is 2. The molecule has 14 nitrogen and oxygen atoms in total. The van der Waals surface area contributed by atoms with Gasteiger partial charge >= 0.3 is 21.8 Å². The highest BCUT2D eigenvalue weighted by Gasteiger charge is 2.19. The zero-order valence-corrected chi connectivity index (χ0v) is 20.5. The minimum atomic E-state index is -4.67. The average molecular weight is 604 g/mol. The summed E-state index contributed by atoms with van der Waals surface area (Å²) in [6.07, 6.45) is 0. The van der Waals surface area contributed by atoms with Gasteiger partial charge in [0.2, 0.25) is 10.8 Å². The Balaban J connectivity index is 0.000000517. The molecule has 0 spiro atoms. The predicted octanol–water partition coefficient (Wildman–Crippen LogP) is 4.11. The maximum atomic E-state index is 10.6. The van der Waals surface area contributed by atoms with Crippen molar-refractivity contribution in [3.63, 3.8) is 0 Å². The molecule has 0 aliphatic rings. The van der Waals surface area contributed by atoms with Crippen LogP contribution in [-0.2, 0) is 30.6 Å². The molecule has 0 amide bonds. The molecule has 0 aliphatic carbocycles. The third-order valence-corrected chi connectivity index (χ3v) is 5.96. The molecule has 180 valence electrons. The first-order valence-corrected chi connectivity index (χ1v) is 12.7. The molecule has 0 fully saturated rings.